The summed E-state index contributed by atoms with van der Waals surface area (Å²) in [5.74, 6) is 3.66. The van der Waals surface area contributed by atoms with Crippen LogP contribution in [0, 0.1) is 5.92 Å². The summed E-state index contributed by atoms with van der Waals surface area (Å²) in [7, 11) is 2.24. The van der Waals surface area contributed by atoms with Crippen LogP contribution in [-0.4, -0.2) is 60.5 Å². The zero-order valence-electron chi connectivity index (χ0n) is 13.7. The normalized spacial score (nSPS) is 26.8. The molecule has 2 N–H and O–H groups in total. The van der Waals surface area contributed by atoms with Gasteiger partial charge in [0.15, 0.2) is 5.96 Å². The first-order chi connectivity index (χ1) is 10.8. The molecule has 0 radical (unpaired) electrons. The molecule has 3 rings (SSSR count). The lowest BCUT2D eigenvalue weighted by Gasteiger charge is -2.38. The van der Waals surface area contributed by atoms with Crippen molar-refractivity contribution in [2.24, 2.45) is 16.6 Å². The van der Waals surface area contributed by atoms with Gasteiger partial charge in [0.25, 0.3) is 0 Å². The van der Waals surface area contributed by atoms with Crippen molar-refractivity contribution in [2.45, 2.75) is 18.9 Å². The van der Waals surface area contributed by atoms with Gasteiger partial charge in [0, 0.05) is 42.1 Å². The number of nitrogens with two attached hydrogens (primary N) is 1. The highest BCUT2D eigenvalue weighted by Gasteiger charge is 2.31. The van der Waals surface area contributed by atoms with Gasteiger partial charge in [-0.25, -0.2) is 0 Å². The second-order valence-electron chi connectivity index (χ2n) is 6.14. The number of thioether (sulfide) groups is 1. The Kier molecular flexibility index (Phi) is 7.97. The molecule has 23 heavy (non-hydrogen) atoms. The van der Waals surface area contributed by atoms with Crippen LogP contribution in [0.4, 0.5) is 0 Å². The van der Waals surface area contributed by atoms with E-state index in [2.05, 4.69) is 34.4 Å². The third-order valence-corrected chi connectivity index (χ3v) is 6.55. The fourth-order valence-electron chi connectivity index (χ4n) is 3.46. The molecule has 2 atom stereocenters. The van der Waals surface area contributed by atoms with Crippen molar-refractivity contribution in [3.05, 3.63) is 22.4 Å². The van der Waals surface area contributed by atoms with E-state index >= 15 is 0 Å². The maximum Gasteiger partial charge on any atom is 0.191 e. The molecule has 130 valence electrons. The van der Waals surface area contributed by atoms with Crippen LogP contribution in [0.25, 0.3) is 0 Å². The van der Waals surface area contributed by atoms with Gasteiger partial charge < -0.3 is 10.6 Å². The molecule has 0 bridgehead atoms. The van der Waals surface area contributed by atoms with Crippen molar-refractivity contribution in [1.29, 1.82) is 0 Å². The highest BCUT2D eigenvalue weighted by atomic mass is 127. The molecule has 4 nitrogen and oxygen atoms in total. The first kappa shape index (κ1) is 19.3. The summed E-state index contributed by atoms with van der Waals surface area (Å²) in [6.07, 6.45) is 2.51. The number of halogens is 1. The molecular formula is C16H27IN4S2. The minimum Gasteiger partial charge on any atom is -0.370 e. The number of guanidine groups is 1. The number of aliphatic imine (C=N–C) groups is 1. The number of hydrogen-bond acceptors (Lipinski definition) is 4. The highest BCUT2D eigenvalue weighted by Crippen LogP contribution is 2.37. The summed E-state index contributed by atoms with van der Waals surface area (Å²) in [5.41, 5.74) is 6.22. The molecule has 2 aliphatic heterocycles. The second kappa shape index (κ2) is 9.48. The van der Waals surface area contributed by atoms with Crippen molar-refractivity contribution in [2.75, 3.05) is 44.7 Å². The van der Waals surface area contributed by atoms with Gasteiger partial charge in [0.1, 0.15) is 0 Å². The maximum atomic E-state index is 6.22. The Bertz CT molecular complexity index is 488. The van der Waals surface area contributed by atoms with Crippen LogP contribution in [0.1, 0.15) is 23.8 Å². The van der Waals surface area contributed by atoms with Gasteiger partial charge in [-0.2, -0.15) is 11.8 Å². The Morgan fingerprint density at radius 2 is 2.13 bits per heavy atom. The molecule has 2 fully saturated rings. The molecule has 1 aromatic rings. The van der Waals surface area contributed by atoms with Crippen LogP contribution >= 0.6 is 47.1 Å². The highest BCUT2D eigenvalue weighted by molar-refractivity contribution is 14.0. The summed E-state index contributed by atoms with van der Waals surface area (Å²) < 4.78 is 0. The third kappa shape index (κ3) is 4.99. The van der Waals surface area contributed by atoms with Gasteiger partial charge in [0.2, 0.25) is 0 Å². The van der Waals surface area contributed by atoms with Crippen LogP contribution in [0.5, 0.6) is 0 Å². The molecule has 2 aliphatic rings. The van der Waals surface area contributed by atoms with Crippen LogP contribution < -0.4 is 5.73 Å². The molecule has 0 aromatic carbocycles. The van der Waals surface area contributed by atoms with E-state index in [4.69, 9.17) is 10.7 Å². The minimum atomic E-state index is 0. The lowest BCUT2D eigenvalue weighted by molar-refractivity contribution is 0.128. The first-order valence-electron chi connectivity index (χ1n) is 8.12. The largest absolute Gasteiger partial charge is 0.370 e. The average Bonchev–Trinajstić information content (AvgIpc) is 3.07. The standard InChI is InChI=1S/C16H26N4S2.HI/c1-19-6-2-4-13(15(19)14-5-3-9-22-14)12-18-16(17)20-7-10-21-11-8-20;/h3,5,9,13,15H,2,4,6-8,10-12H2,1H3,(H2,17,18);1H. The Hall–Kier alpha value is 0.01000. The number of rotatable bonds is 3. The van der Waals surface area contributed by atoms with E-state index in [-0.39, 0.29) is 24.0 Å². The van der Waals surface area contributed by atoms with E-state index in [0.717, 1.165) is 25.6 Å². The van der Waals surface area contributed by atoms with E-state index in [0.29, 0.717) is 12.0 Å². The van der Waals surface area contributed by atoms with Gasteiger partial charge >= 0.3 is 0 Å². The minimum absolute atomic E-state index is 0. The van der Waals surface area contributed by atoms with Crippen molar-refractivity contribution in [1.82, 2.24) is 9.80 Å². The van der Waals surface area contributed by atoms with Gasteiger partial charge in [-0.1, -0.05) is 6.07 Å². The first-order valence-corrected chi connectivity index (χ1v) is 10.2. The van der Waals surface area contributed by atoms with E-state index in [1.807, 2.05) is 23.1 Å². The molecule has 2 unspecified atom stereocenters. The Morgan fingerprint density at radius 1 is 1.35 bits per heavy atom. The smallest absolute Gasteiger partial charge is 0.191 e. The van der Waals surface area contributed by atoms with Crippen molar-refractivity contribution in [3.63, 3.8) is 0 Å². The monoisotopic (exact) mass is 466 g/mol. The zero-order chi connectivity index (χ0) is 15.4. The van der Waals surface area contributed by atoms with Gasteiger partial charge in [0.05, 0.1) is 0 Å². The number of hydrogen-bond donors (Lipinski definition) is 1. The van der Waals surface area contributed by atoms with Crippen molar-refractivity contribution < 1.29 is 0 Å². The molecular weight excluding hydrogens is 439 g/mol. The molecule has 0 saturated carbocycles. The van der Waals surface area contributed by atoms with E-state index in [9.17, 15) is 0 Å². The van der Waals surface area contributed by atoms with Crippen LogP contribution in [0.15, 0.2) is 22.5 Å². The Labute approximate surface area is 164 Å². The number of piperidine rings is 1. The second-order valence-corrected chi connectivity index (χ2v) is 8.35. The zero-order valence-corrected chi connectivity index (χ0v) is 17.7. The lowest BCUT2D eigenvalue weighted by Crippen LogP contribution is -2.43. The summed E-state index contributed by atoms with van der Waals surface area (Å²) in [6, 6.07) is 4.92. The number of thiophene rings is 1. The van der Waals surface area contributed by atoms with E-state index in [1.165, 1.54) is 35.8 Å². The fourth-order valence-corrected chi connectivity index (χ4v) is 5.35. The van der Waals surface area contributed by atoms with Crippen molar-refractivity contribution in [3.8, 4) is 0 Å². The molecule has 7 heteroatoms. The molecule has 0 amide bonds. The SMILES string of the molecule is CN1CCCC(CN=C(N)N2CCSCC2)C1c1cccs1.I. The molecule has 2 saturated heterocycles. The van der Waals surface area contributed by atoms with E-state index < -0.39 is 0 Å². The van der Waals surface area contributed by atoms with Gasteiger partial charge in [-0.15, -0.1) is 35.3 Å². The van der Waals surface area contributed by atoms with Crippen LogP contribution in [-0.2, 0) is 0 Å². The summed E-state index contributed by atoms with van der Waals surface area (Å²) in [5, 5.41) is 2.18. The van der Waals surface area contributed by atoms with Crippen LogP contribution in [0.2, 0.25) is 0 Å². The Morgan fingerprint density at radius 3 is 2.83 bits per heavy atom. The van der Waals surface area contributed by atoms with Gasteiger partial charge in [-0.3, -0.25) is 9.89 Å². The number of nitrogens with zero attached hydrogens (tertiary/aromatic N) is 3. The summed E-state index contributed by atoms with van der Waals surface area (Å²) in [4.78, 5) is 11.0. The maximum absolute atomic E-state index is 6.22. The number of likely N-dealkylation sites (tertiary alicyclic amines) is 1. The molecule has 0 aliphatic carbocycles. The predicted molar refractivity (Wildman–Crippen MR) is 113 cm³/mol. The van der Waals surface area contributed by atoms with Crippen LogP contribution in [0.3, 0.4) is 0 Å². The molecule has 3 heterocycles. The quantitative estimate of drug-likeness (QED) is 0.423. The summed E-state index contributed by atoms with van der Waals surface area (Å²) >= 11 is 3.87. The topological polar surface area (TPSA) is 44.9 Å². The van der Waals surface area contributed by atoms with Gasteiger partial charge in [-0.05, 0) is 43.8 Å². The molecule has 1 aromatic heterocycles. The third-order valence-electron chi connectivity index (χ3n) is 4.66. The van der Waals surface area contributed by atoms with E-state index in [1.54, 1.807) is 0 Å². The van der Waals surface area contributed by atoms with Crippen molar-refractivity contribution >= 4 is 53.0 Å². The predicted octanol–water partition coefficient (Wildman–Crippen LogP) is 3.11. The fraction of sp³-hybridized carbons (Fsp3) is 0.688. The lowest BCUT2D eigenvalue weighted by atomic mass is 9.88. The Balaban J connectivity index is 0.00000192. The summed E-state index contributed by atoms with van der Waals surface area (Å²) in [6.45, 7) is 4.11. The molecule has 0 spiro atoms. The average molecular weight is 466 g/mol.